The van der Waals surface area contributed by atoms with Gasteiger partial charge in [-0.3, -0.25) is 4.79 Å². The molecule has 2 amide bonds. The summed E-state index contributed by atoms with van der Waals surface area (Å²) in [5.74, 6) is 0.328. The van der Waals surface area contributed by atoms with E-state index in [2.05, 4.69) is 14.9 Å². The highest BCUT2D eigenvalue weighted by atomic mass is 35.5. The van der Waals surface area contributed by atoms with Gasteiger partial charge in [0.1, 0.15) is 5.60 Å². The van der Waals surface area contributed by atoms with Gasteiger partial charge in [-0.2, -0.15) is 0 Å². The molecule has 1 aromatic rings. The number of rotatable bonds is 2. The van der Waals surface area contributed by atoms with Crippen molar-refractivity contribution >= 4 is 29.5 Å². The number of anilines is 1. The molecule has 1 aromatic heterocycles. The van der Waals surface area contributed by atoms with Crippen LogP contribution in [0.25, 0.3) is 0 Å². The molecule has 2 aliphatic heterocycles. The smallest absolute Gasteiger partial charge is 0.410 e. The van der Waals surface area contributed by atoms with Crippen LogP contribution in [0, 0.1) is 0 Å². The zero-order chi connectivity index (χ0) is 20.3. The van der Waals surface area contributed by atoms with Gasteiger partial charge in [-0.15, -0.1) is 0 Å². The minimum absolute atomic E-state index is 0.225. The zero-order valence-corrected chi connectivity index (χ0v) is 17.5. The van der Waals surface area contributed by atoms with Gasteiger partial charge < -0.3 is 19.4 Å². The highest BCUT2D eigenvalue weighted by Gasteiger charge is 2.30. The van der Waals surface area contributed by atoms with Crippen LogP contribution < -0.4 is 4.90 Å². The molecule has 154 valence electrons. The van der Waals surface area contributed by atoms with Gasteiger partial charge in [-0.25, -0.2) is 14.8 Å². The number of piperidine rings is 1. The lowest BCUT2D eigenvalue weighted by Gasteiger charge is -2.35. The van der Waals surface area contributed by atoms with Crippen LogP contribution in [-0.4, -0.2) is 76.6 Å². The molecule has 2 saturated heterocycles. The first-order valence-electron chi connectivity index (χ1n) is 9.79. The van der Waals surface area contributed by atoms with Crippen LogP contribution in [0.2, 0.25) is 5.02 Å². The van der Waals surface area contributed by atoms with E-state index in [9.17, 15) is 9.59 Å². The lowest BCUT2D eigenvalue weighted by Crippen LogP contribution is -2.51. The third-order valence-electron chi connectivity index (χ3n) is 4.79. The van der Waals surface area contributed by atoms with Crippen molar-refractivity contribution in [2.75, 3.05) is 44.2 Å². The molecule has 0 unspecified atom stereocenters. The van der Waals surface area contributed by atoms with Crippen LogP contribution in [0.1, 0.15) is 50.5 Å². The molecule has 0 radical (unpaired) electrons. The number of ether oxygens (including phenoxy) is 1. The number of aromatic nitrogens is 2. The fraction of sp³-hybridized carbons (Fsp3) is 0.684. The average molecular weight is 410 g/mol. The van der Waals surface area contributed by atoms with E-state index in [4.69, 9.17) is 16.3 Å². The van der Waals surface area contributed by atoms with Crippen LogP contribution in [0.15, 0.2) is 6.20 Å². The topological polar surface area (TPSA) is 78.9 Å². The second kappa shape index (κ2) is 8.51. The minimum Gasteiger partial charge on any atom is -0.444 e. The Morgan fingerprint density at radius 1 is 1.00 bits per heavy atom. The summed E-state index contributed by atoms with van der Waals surface area (Å²) in [6, 6.07) is 0. The Kier molecular flexibility index (Phi) is 6.27. The van der Waals surface area contributed by atoms with E-state index in [-0.39, 0.29) is 22.7 Å². The Morgan fingerprint density at radius 3 is 2.21 bits per heavy atom. The third kappa shape index (κ3) is 5.04. The van der Waals surface area contributed by atoms with E-state index in [1.807, 2.05) is 20.8 Å². The van der Waals surface area contributed by atoms with Crippen LogP contribution in [0.5, 0.6) is 0 Å². The number of hydrogen-bond donors (Lipinski definition) is 0. The van der Waals surface area contributed by atoms with E-state index in [1.54, 1.807) is 9.80 Å². The maximum atomic E-state index is 13.0. The van der Waals surface area contributed by atoms with Crippen molar-refractivity contribution in [3.8, 4) is 0 Å². The first-order valence-corrected chi connectivity index (χ1v) is 10.2. The van der Waals surface area contributed by atoms with Gasteiger partial charge in [-0.05, 0) is 40.0 Å². The highest BCUT2D eigenvalue weighted by Crippen LogP contribution is 2.21. The van der Waals surface area contributed by atoms with Crippen LogP contribution in [0.4, 0.5) is 10.7 Å². The molecule has 8 nitrogen and oxygen atoms in total. The molecule has 0 atom stereocenters. The van der Waals surface area contributed by atoms with Gasteiger partial charge in [0, 0.05) is 39.3 Å². The van der Waals surface area contributed by atoms with Crippen molar-refractivity contribution in [3.63, 3.8) is 0 Å². The molecule has 0 bridgehead atoms. The van der Waals surface area contributed by atoms with E-state index < -0.39 is 5.60 Å². The molecule has 0 saturated carbocycles. The summed E-state index contributed by atoms with van der Waals surface area (Å²) >= 11 is 6.23. The Morgan fingerprint density at radius 2 is 1.61 bits per heavy atom. The van der Waals surface area contributed by atoms with E-state index in [1.165, 1.54) is 12.6 Å². The Hall–Kier alpha value is -2.09. The number of carbonyl (C=O) groups excluding carboxylic acids is 2. The lowest BCUT2D eigenvalue weighted by molar-refractivity contribution is 0.0140. The highest BCUT2D eigenvalue weighted by molar-refractivity contribution is 6.33. The molecule has 9 heteroatoms. The Bertz CT molecular complexity index is 723. The Labute approximate surface area is 170 Å². The minimum atomic E-state index is -0.538. The first-order chi connectivity index (χ1) is 13.2. The number of piperazine rings is 1. The molecule has 2 aliphatic rings. The van der Waals surface area contributed by atoms with E-state index >= 15 is 0 Å². The summed E-state index contributed by atoms with van der Waals surface area (Å²) < 4.78 is 5.40. The second-order valence-corrected chi connectivity index (χ2v) is 8.58. The van der Waals surface area contributed by atoms with Crippen molar-refractivity contribution in [3.05, 3.63) is 16.9 Å². The average Bonchev–Trinajstić information content (AvgIpc) is 2.67. The van der Waals surface area contributed by atoms with Crippen LogP contribution >= 0.6 is 11.6 Å². The fourth-order valence-electron chi connectivity index (χ4n) is 3.32. The SMILES string of the molecule is CC(C)(C)OC(=O)N1CCN(C(=O)c2nc(N3CCCCC3)ncc2Cl)CC1. The lowest BCUT2D eigenvalue weighted by atomic mass is 10.1. The Balaban J connectivity index is 1.64. The number of hydrogen-bond acceptors (Lipinski definition) is 6. The molecule has 3 heterocycles. The molecule has 28 heavy (non-hydrogen) atoms. The third-order valence-corrected chi connectivity index (χ3v) is 5.07. The standard InChI is InChI=1S/C19H28ClN5O3/c1-19(2,3)28-18(27)25-11-9-23(10-12-25)16(26)15-14(20)13-21-17(22-15)24-7-5-4-6-8-24/h13H,4-12H2,1-3H3. The van der Waals surface area contributed by atoms with Gasteiger partial charge in [0.25, 0.3) is 5.91 Å². The molecule has 0 spiro atoms. The van der Waals surface area contributed by atoms with Gasteiger partial charge >= 0.3 is 6.09 Å². The van der Waals surface area contributed by atoms with E-state index in [0.29, 0.717) is 32.1 Å². The normalized spacial score (nSPS) is 18.2. The summed E-state index contributed by atoms with van der Waals surface area (Å²) in [4.78, 5) is 39.3. The predicted molar refractivity (Wildman–Crippen MR) is 107 cm³/mol. The quantitative estimate of drug-likeness (QED) is 0.747. The maximum absolute atomic E-state index is 13.0. The van der Waals surface area contributed by atoms with E-state index in [0.717, 1.165) is 25.9 Å². The van der Waals surface area contributed by atoms with Crippen molar-refractivity contribution in [2.45, 2.75) is 45.6 Å². The summed E-state index contributed by atoms with van der Waals surface area (Å²) in [5.41, 5.74) is -0.313. The van der Waals surface area contributed by atoms with Crippen molar-refractivity contribution in [1.29, 1.82) is 0 Å². The maximum Gasteiger partial charge on any atom is 0.410 e. The van der Waals surface area contributed by atoms with Gasteiger partial charge in [0.2, 0.25) is 5.95 Å². The van der Waals surface area contributed by atoms with Crippen molar-refractivity contribution < 1.29 is 14.3 Å². The molecule has 0 N–H and O–H groups in total. The van der Waals surface area contributed by atoms with Gasteiger partial charge in [0.05, 0.1) is 11.2 Å². The first kappa shape index (κ1) is 20.6. The van der Waals surface area contributed by atoms with Gasteiger partial charge in [0.15, 0.2) is 5.69 Å². The van der Waals surface area contributed by atoms with Crippen LogP contribution in [-0.2, 0) is 4.74 Å². The molecule has 0 aliphatic carbocycles. The molecule has 2 fully saturated rings. The van der Waals surface area contributed by atoms with Crippen molar-refractivity contribution in [1.82, 2.24) is 19.8 Å². The second-order valence-electron chi connectivity index (χ2n) is 8.17. The number of halogens is 1. The fourth-order valence-corrected chi connectivity index (χ4v) is 3.49. The summed E-state index contributed by atoms with van der Waals surface area (Å²) in [7, 11) is 0. The predicted octanol–water partition coefficient (Wildman–Crippen LogP) is 2.81. The molecular weight excluding hydrogens is 382 g/mol. The van der Waals surface area contributed by atoms with Crippen molar-refractivity contribution in [2.24, 2.45) is 0 Å². The molecule has 0 aromatic carbocycles. The number of amides is 2. The largest absolute Gasteiger partial charge is 0.444 e. The van der Waals surface area contributed by atoms with Gasteiger partial charge in [-0.1, -0.05) is 11.6 Å². The molecule has 3 rings (SSSR count). The molecular formula is C19H28ClN5O3. The summed E-state index contributed by atoms with van der Waals surface area (Å²) in [6.45, 7) is 8.96. The zero-order valence-electron chi connectivity index (χ0n) is 16.8. The number of carbonyl (C=O) groups is 2. The van der Waals surface area contributed by atoms with Crippen LogP contribution in [0.3, 0.4) is 0 Å². The monoisotopic (exact) mass is 409 g/mol. The summed E-state index contributed by atoms with van der Waals surface area (Å²) in [5, 5.41) is 0.250. The number of nitrogens with zero attached hydrogens (tertiary/aromatic N) is 5. The summed E-state index contributed by atoms with van der Waals surface area (Å²) in [6.07, 6.45) is 4.55.